The lowest BCUT2D eigenvalue weighted by Crippen LogP contribution is -2.68. The number of hydrogen-bond donors (Lipinski definition) is 1. The zero-order chi connectivity index (χ0) is 28.4. The van der Waals surface area contributed by atoms with Crippen LogP contribution in [-0.4, -0.2) is 57.2 Å². The molecule has 3 aromatic rings. The van der Waals surface area contributed by atoms with Gasteiger partial charge in [-0.1, -0.05) is 91.0 Å². The number of esters is 1. The van der Waals surface area contributed by atoms with Crippen LogP contribution in [-0.2, 0) is 35.1 Å². The average Bonchev–Trinajstić information content (AvgIpc) is 3.32. The largest absolute Gasteiger partial charge is 0.478 e. The molecule has 0 bridgehead atoms. The maximum absolute atomic E-state index is 13.7. The first kappa shape index (κ1) is 26.8. The molecule has 0 radical (unpaired) electrons. The number of β-lactam (4-membered cyclic amide) rings is 1. The number of aliphatic carboxylic acids is 1. The first-order chi connectivity index (χ1) is 19.3. The molecule has 5 rings (SSSR count). The van der Waals surface area contributed by atoms with Crippen LogP contribution < -0.4 is 0 Å². The Kier molecular flexibility index (Phi) is 7.48. The molecule has 2 saturated heterocycles. The van der Waals surface area contributed by atoms with Crippen LogP contribution >= 0.6 is 0 Å². The number of likely N-dealkylation sites (tertiary alicyclic amines) is 1. The fraction of sp³-hybridized carbons (Fsp3) is 0.226. The van der Waals surface area contributed by atoms with Crippen LogP contribution in [0.1, 0.15) is 36.6 Å². The van der Waals surface area contributed by atoms with E-state index in [4.69, 9.17) is 9.47 Å². The number of allylic oxidation sites excluding steroid dienone is 1. The highest BCUT2D eigenvalue weighted by Gasteiger charge is 2.64. The maximum Gasteiger partial charge on any atom is 0.356 e. The van der Waals surface area contributed by atoms with E-state index in [1.807, 2.05) is 60.7 Å². The van der Waals surface area contributed by atoms with Crippen LogP contribution in [0.15, 0.2) is 102 Å². The lowest BCUT2D eigenvalue weighted by molar-refractivity contribution is -0.174. The molecular formula is C31H28N2O7. The number of ether oxygens (including phenoxy) is 2. The van der Waals surface area contributed by atoms with E-state index >= 15 is 0 Å². The van der Waals surface area contributed by atoms with Gasteiger partial charge in [0.25, 0.3) is 5.91 Å². The van der Waals surface area contributed by atoms with Crippen LogP contribution in [0.3, 0.4) is 0 Å². The zero-order valence-corrected chi connectivity index (χ0v) is 22.0. The highest BCUT2D eigenvalue weighted by atomic mass is 16.6. The molecule has 3 aromatic carbocycles. The minimum Gasteiger partial charge on any atom is -0.478 e. The number of carbonyl (C=O) groups excluding carboxylic acids is 3. The van der Waals surface area contributed by atoms with Gasteiger partial charge in [-0.05, 0) is 36.1 Å². The predicted octanol–water partition coefficient (Wildman–Crippen LogP) is 3.66. The van der Waals surface area contributed by atoms with Gasteiger partial charge in [-0.15, -0.1) is 0 Å². The first-order valence-corrected chi connectivity index (χ1v) is 12.8. The third-order valence-electron chi connectivity index (χ3n) is 6.87. The summed E-state index contributed by atoms with van der Waals surface area (Å²) in [6.45, 7) is 3.30. The molecule has 40 heavy (non-hydrogen) atoms. The summed E-state index contributed by atoms with van der Waals surface area (Å²) < 4.78 is 11.7. The Morgan fingerprint density at radius 1 is 0.875 bits per heavy atom. The Balaban J connectivity index is 1.41. The van der Waals surface area contributed by atoms with E-state index < -0.39 is 48.4 Å². The van der Waals surface area contributed by atoms with Crippen molar-refractivity contribution in [3.8, 4) is 0 Å². The third-order valence-corrected chi connectivity index (χ3v) is 6.87. The van der Waals surface area contributed by atoms with Crippen molar-refractivity contribution in [2.24, 2.45) is 0 Å². The van der Waals surface area contributed by atoms with Gasteiger partial charge in [0.15, 0.2) is 18.4 Å². The summed E-state index contributed by atoms with van der Waals surface area (Å²) in [4.78, 5) is 54.4. The number of amides is 2. The standard InChI is InChI=1S/C31H28N2O7/c1-19(2)24(31(38)39-26(21-14-8-4-9-15-21)22-16-10-5-11-17-22)33-27(35)25-28(33)40-29(30(36)37)32(25)23(34)18-20-12-6-3-7-13-20/h3-17,25-26,28-29H,18H2,1-2H3,(H,36,37). The van der Waals surface area contributed by atoms with E-state index in [-0.39, 0.29) is 12.1 Å². The number of hydrogen-bond acceptors (Lipinski definition) is 6. The summed E-state index contributed by atoms with van der Waals surface area (Å²) in [6.07, 6.45) is -3.66. The van der Waals surface area contributed by atoms with Gasteiger partial charge in [0, 0.05) is 0 Å². The van der Waals surface area contributed by atoms with Crippen molar-refractivity contribution in [2.75, 3.05) is 0 Å². The summed E-state index contributed by atoms with van der Waals surface area (Å²) in [5.41, 5.74) is 2.57. The van der Waals surface area contributed by atoms with Crippen molar-refractivity contribution in [3.05, 3.63) is 119 Å². The summed E-state index contributed by atoms with van der Waals surface area (Å²) >= 11 is 0. The van der Waals surface area contributed by atoms with Crippen LogP contribution in [0.5, 0.6) is 0 Å². The van der Waals surface area contributed by atoms with Gasteiger partial charge in [-0.2, -0.15) is 0 Å². The second-order valence-electron chi connectivity index (χ2n) is 9.79. The molecule has 1 N–H and O–H groups in total. The molecule has 0 spiro atoms. The van der Waals surface area contributed by atoms with Crippen molar-refractivity contribution in [1.29, 1.82) is 0 Å². The van der Waals surface area contributed by atoms with Crippen LogP contribution in [0.25, 0.3) is 0 Å². The number of fused-ring (bicyclic) bond motifs is 1. The molecule has 204 valence electrons. The van der Waals surface area contributed by atoms with Gasteiger partial charge in [-0.3, -0.25) is 19.4 Å². The molecule has 2 amide bonds. The first-order valence-electron chi connectivity index (χ1n) is 12.8. The normalized spacial score (nSPS) is 19.6. The molecule has 3 atom stereocenters. The number of rotatable bonds is 8. The van der Waals surface area contributed by atoms with Crippen molar-refractivity contribution in [1.82, 2.24) is 9.80 Å². The zero-order valence-electron chi connectivity index (χ0n) is 22.0. The highest BCUT2D eigenvalue weighted by molar-refractivity contribution is 6.03. The fourth-order valence-corrected chi connectivity index (χ4v) is 5.04. The van der Waals surface area contributed by atoms with E-state index in [2.05, 4.69) is 0 Å². The van der Waals surface area contributed by atoms with Crippen LogP contribution in [0.2, 0.25) is 0 Å². The number of nitrogens with zero attached hydrogens (tertiary/aromatic N) is 2. The molecule has 3 unspecified atom stereocenters. The number of carboxylic acid groups (broad SMARTS) is 1. The van der Waals surface area contributed by atoms with Crippen molar-refractivity contribution < 1.29 is 33.8 Å². The van der Waals surface area contributed by atoms with Crippen LogP contribution in [0, 0.1) is 0 Å². The molecule has 9 nitrogen and oxygen atoms in total. The molecule has 9 heteroatoms. The van der Waals surface area contributed by atoms with E-state index in [1.54, 1.807) is 44.2 Å². The van der Waals surface area contributed by atoms with Crippen molar-refractivity contribution >= 4 is 23.8 Å². The summed E-state index contributed by atoms with van der Waals surface area (Å²) in [6, 6.07) is 26.1. The molecule has 2 aliphatic rings. The summed E-state index contributed by atoms with van der Waals surface area (Å²) in [5, 5.41) is 9.81. The van der Waals surface area contributed by atoms with Gasteiger partial charge in [0.05, 0.1) is 6.42 Å². The monoisotopic (exact) mass is 540 g/mol. The second-order valence-corrected chi connectivity index (χ2v) is 9.79. The molecule has 0 aliphatic carbocycles. The number of carbonyl (C=O) groups is 4. The highest BCUT2D eigenvalue weighted by Crippen LogP contribution is 2.40. The number of benzene rings is 3. The molecule has 2 aliphatic heterocycles. The number of carboxylic acids is 1. The smallest absolute Gasteiger partial charge is 0.356 e. The lowest BCUT2D eigenvalue weighted by Gasteiger charge is -2.44. The Morgan fingerprint density at radius 3 is 1.90 bits per heavy atom. The average molecular weight is 541 g/mol. The van der Waals surface area contributed by atoms with Gasteiger partial charge in [0.2, 0.25) is 12.1 Å². The molecule has 2 fully saturated rings. The SMILES string of the molecule is CC(C)=C(C(=O)OC(c1ccccc1)c1ccccc1)N1C(=O)C2C1OC(C(=O)O)N2C(=O)Cc1ccccc1. The quantitative estimate of drug-likeness (QED) is 0.264. The maximum atomic E-state index is 13.7. The molecule has 0 saturated carbocycles. The summed E-state index contributed by atoms with van der Waals surface area (Å²) in [7, 11) is 0. The minimum absolute atomic E-state index is 0.0513. The fourth-order valence-electron chi connectivity index (χ4n) is 5.04. The Morgan fingerprint density at radius 2 is 1.40 bits per heavy atom. The van der Waals surface area contributed by atoms with Crippen LogP contribution in [0.4, 0.5) is 0 Å². The van der Waals surface area contributed by atoms with Gasteiger partial charge in [-0.25, -0.2) is 9.59 Å². The van der Waals surface area contributed by atoms with E-state index in [9.17, 15) is 24.3 Å². The molecular weight excluding hydrogens is 512 g/mol. The van der Waals surface area contributed by atoms with E-state index in [1.165, 1.54) is 0 Å². The summed E-state index contributed by atoms with van der Waals surface area (Å²) in [5.74, 6) is -3.35. The van der Waals surface area contributed by atoms with E-state index in [0.717, 1.165) is 20.9 Å². The molecule has 2 heterocycles. The van der Waals surface area contributed by atoms with Gasteiger partial charge < -0.3 is 14.6 Å². The van der Waals surface area contributed by atoms with Gasteiger partial charge in [0.1, 0.15) is 5.70 Å². The van der Waals surface area contributed by atoms with Gasteiger partial charge >= 0.3 is 11.9 Å². The minimum atomic E-state index is -1.67. The van der Waals surface area contributed by atoms with E-state index in [0.29, 0.717) is 11.1 Å². The lowest BCUT2D eigenvalue weighted by atomic mass is 9.99. The predicted molar refractivity (Wildman–Crippen MR) is 143 cm³/mol. The van der Waals surface area contributed by atoms with Crippen molar-refractivity contribution in [3.63, 3.8) is 0 Å². The van der Waals surface area contributed by atoms with Crippen molar-refractivity contribution in [2.45, 2.75) is 44.9 Å². The molecule has 0 aromatic heterocycles. The second kappa shape index (κ2) is 11.2. The third kappa shape index (κ3) is 4.99. The topological polar surface area (TPSA) is 113 Å². The Hall–Kier alpha value is -4.76. The Labute approximate surface area is 231 Å². The Bertz CT molecular complexity index is 1410.